The summed E-state index contributed by atoms with van der Waals surface area (Å²) < 4.78 is 13.1. The van der Waals surface area contributed by atoms with Gasteiger partial charge in [-0.05, 0) is 68.3 Å². The Morgan fingerprint density at radius 1 is 1.19 bits per heavy atom. The average molecular weight is 362 g/mol. The van der Waals surface area contributed by atoms with Gasteiger partial charge in [-0.25, -0.2) is 4.39 Å². The van der Waals surface area contributed by atoms with Crippen LogP contribution in [0.3, 0.4) is 0 Å². The Balaban J connectivity index is 1.60. The van der Waals surface area contributed by atoms with E-state index in [1.807, 2.05) is 0 Å². The zero-order valence-corrected chi connectivity index (χ0v) is 16.0. The number of halogens is 1. The van der Waals surface area contributed by atoms with Crippen molar-refractivity contribution in [3.05, 3.63) is 35.6 Å². The molecule has 0 aromatic heterocycles. The van der Waals surface area contributed by atoms with Crippen LogP contribution in [0.25, 0.3) is 0 Å². The number of rotatable bonds is 5. The predicted molar refractivity (Wildman–Crippen MR) is 100 cm³/mol. The standard InChI is InChI=1S/C21H31FN2O2/c1-16(2)18-8-12-23(13-9-18)15-21(26)10-3-11-24(20(21)25)14-17-4-6-19(22)7-5-17/h4-7,16,18,26H,3,8-15H2,1-2H3. The molecule has 26 heavy (non-hydrogen) atoms. The number of likely N-dealkylation sites (tertiary alicyclic amines) is 2. The van der Waals surface area contributed by atoms with Crippen molar-refractivity contribution >= 4 is 5.91 Å². The van der Waals surface area contributed by atoms with E-state index in [4.69, 9.17) is 0 Å². The molecule has 1 aromatic carbocycles. The Bertz CT molecular complexity index is 611. The van der Waals surface area contributed by atoms with Gasteiger partial charge in [-0.15, -0.1) is 0 Å². The molecule has 2 fully saturated rings. The maximum Gasteiger partial charge on any atom is 0.256 e. The van der Waals surface area contributed by atoms with Crippen molar-refractivity contribution in [2.45, 2.75) is 51.7 Å². The second kappa shape index (κ2) is 8.05. The van der Waals surface area contributed by atoms with E-state index in [1.165, 1.54) is 12.1 Å². The lowest BCUT2D eigenvalue weighted by Crippen LogP contribution is -2.59. The SMILES string of the molecule is CC(C)C1CCN(CC2(O)CCCN(Cc3ccc(F)cc3)C2=O)CC1. The van der Waals surface area contributed by atoms with Crippen LogP contribution in [0, 0.1) is 17.7 Å². The highest BCUT2D eigenvalue weighted by molar-refractivity contribution is 5.86. The van der Waals surface area contributed by atoms with Crippen molar-refractivity contribution in [3.8, 4) is 0 Å². The molecule has 0 saturated carbocycles. The molecule has 0 aliphatic carbocycles. The van der Waals surface area contributed by atoms with Gasteiger partial charge in [-0.2, -0.15) is 0 Å². The molecule has 1 N–H and O–H groups in total. The van der Waals surface area contributed by atoms with Gasteiger partial charge in [0.15, 0.2) is 5.60 Å². The lowest BCUT2D eigenvalue weighted by Gasteiger charge is -2.43. The fourth-order valence-corrected chi connectivity index (χ4v) is 4.32. The summed E-state index contributed by atoms with van der Waals surface area (Å²) in [6.07, 6.45) is 3.60. The minimum Gasteiger partial charge on any atom is -0.379 e. The number of hydrogen-bond donors (Lipinski definition) is 1. The summed E-state index contributed by atoms with van der Waals surface area (Å²) in [4.78, 5) is 16.9. The first-order chi connectivity index (χ1) is 12.4. The molecule has 2 aliphatic rings. The summed E-state index contributed by atoms with van der Waals surface area (Å²) in [6, 6.07) is 6.23. The predicted octanol–water partition coefficient (Wildman–Crippen LogP) is 3.05. The fraction of sp³-hybridized carbons (Fsp3) is 0.667. The molecular formula is C21H31FN2O2. The normalized spacial score (nSPS) is 25.9. The number of nitrogens with zero attached hydrogens (tertiary/aromatic N) is 2. The van der Waals surface area contributed by atoms with Gasteiger partial charge < -0.3 is 10.0 Å². The summed E-state index contributed by atoms with van der Waals surface area (Å²) in [7, 11) is 0. The monoisotopic (exact) mass is 362 g/mol. The van der Waals surface area contributed by atoms with Gasteiger partial charge in [-0.1, -0.05) is 26.0 Å². The lowest BCUT2D eigenvalue weighted by molar-refractivity contribution is -0.160. The number of carbonyl (C=O) groups excluding carboxylic acids is 1. The molecular weight excluding hydrogens is 331 g/mol. The Morgan fingerprint density at radius 3 is 2.46 bits per heavy atom. The van der Waals surface area contributed by atoms with Crippen molar-refractivity contribution in [2.24, 2.45) is 11.8 Å². The largest absolute Gasteiger partial charge is 0.379 e. The van der Waals surface area contributed by atoms with Gasteiger partial charge >= 0.3 is 0 Å². The molecule has 1 atom stereocenters. The highest BCUT2D eigenvalue weighted by Gasteiger charge is 2.43. The molecule has 0 bridgehead atoms. The second-order valence-corrected chi connectivity index (χ2v) is 8.35. The number of β-amino-alcohol motifs (C(OH)–C–C–N with tert-alkyl or cyclic N) is 1. The van der Waals surface area contributed by atoms with Gasteiger partial charge in [0.05, 0.1) is 0 Å². The van der Waals surface area contributed by atoms with E-state index in [2.05, 4.69) is 18.7 Å². The lowest BCUT2D eigenvalue weighted by atomic mass is 9.85. The quantitative estimate of drug-likeness (QED) is 0.876. The van der Waals surface area contributed by atoms with Crippen LogP contribution in [-0.4, -0.2) is 52.6 Å². The molecule has 1 unspecified atom stereocenters. The summed E-state index contributed by atoms with van der Waals surface area (Å²) in [5.41, 5.74) is -0.398. The van der Waals surface area contributed by atoms with Gasteiger partial charge in [0, 0.05) is 19.6 Å². The molecule has 1 aromatic rings. The van der Waals surface area contributed by atoms with Crippen molar-refractivity contribution in [1.82, 2.24) is 9.80 Å². The Labute approximate surface area is 156 Å². The number of piperidine rings is 2. The van der Waals surface area contributed by atoms with E-state index in [-0.39, 0.29) is 11.7 Å². The Kier molecular flexibility index (Phi) is 5.98. The van der Waals surface area contributed by atoms with Crippen LogP contribution >= 0.6 is 0 Å². The molecule has 144 valence electrons. The zero-order chi connectivity index (χ0) is 18.7. The van der Waals surface area contributed by atoms with Crippen LogP contribution in [0.2, 0.25) is 0 Å². The molecule has 1 amide bonds. The maximum absolute atomic E-state index is 13.1. The number of carbonyl (C=O) groups is 1. The van der Waals surface area contributed by atoms with Gasteiger partial charge in [0.2, 0.25) is 0 Å². The van der Waals surface area contributed by atoms with Gasteiger partial charge in [-0.3, -0.25) is 9.69 Å². The number of aliphatic hydroxyl groups is 1. The maximum atomic E-state index is 13.1. The summed E-state index contributed by atoms with van der Waals surface area (Å²) >= 11 is 0. The highest BCUT2D eigenvalue weighted by Crippen LogP contribution is 2.29. The minimum absolute atomic E-state index is 0.181. The topological polar surface area (TPSA) is 43.8 Å². The number of hydrogen-bond acceptors (Lipinski definition) is 3. The highest BCUT2D eigenvalue weighted by atomic mass is 19.1. The van der Waals surface area contributed by atoms with Crippen LogP contribution < -0.4 is 0 Å². The van der Waals surface area contributed by atoms with Crippen LogP contribution in [0.5, 0.6) is 0 Å². The molecule has 0 spiro atoms. The third kappa shape index (κ3) is 4.44. The summed E-state index contributed by atoms with van der Waals surface area (Å²) in [5.74, 6) is 0.986. The van der Waals surface area contributed by atoms with Crippen LogP contribution in [0.4, 0.5) is 4.39 Å². The van der Waals surface area contributed by atoms with E-state index < -0.39 is 5.60 Å². The molecule has 4 nitrogen and oxygen atoms in total. The zero-order valence-electron chi connectivity index (χ0n) is 16.0. The van der Waals surface area contributed by atoms with Crippen molar-refractivity contribution in [2.75, 3.05) is 26.2 Å². The van der Waals surface area contributed by atoms with E-state index >= 15 is 0 Å². The first kappa shape index (κ1) is 19.3. The van der Waals surface area contributed by atoms with Gasteiger partial charge in [0.1, 0.15) is 5.82 Å². The van der Waals surface area contributed by atoms with Crippen LogP contribution in [0.1, 0.15) is 45.1 Å². The summed E-state index contributed by atoms with van der Waals surface area (Å²) in [6.45, 7) is 7.95. The van der Waals surface area contributed by atoms with E-state index in [1.54, 1.807) is 17.0 Å². The van der Waals surface area contributed by atoms with Crippen molar-refractivity contribution < 1.29 is 14.3 Å². The summed E-state index contributed by atoms with van der Waals surface area (Å²) in [5, 5.41) is 11.1. The van der Waals surface area contributed by atoms with Gasteiger partial charge in [0.25, 0.3) is 5.91 Å². The molecule has 2 heterocycles. The first-order valence-electron chi connectivity index (χ1n) is 9.86. The van der Waals surface area contributed by atoms with Crippen molar-refractivity contribution in [1.29, 1.82) is 0 Å². The third-order valence-corrected chi connectivity index (χ3v) is 6.05. The van der Waals surface area contributed by atoms with E-state index in [9.17, 15) is 14.3 Å². The van der Waals surface area contributed by atoms with Crippen LogP contribution in [-0.2, 0) is 11.3 Å². The Hall–Kier alpha value is -1.46. The fourth-order valence-electron chi connectivity index (χ4n) is 4.32. The smallest absolute Gasteiger partial charge is 0.256 e. The Morgan fingerprint density at radius 2 is 1.85 bits per heavy atom. The van der Waals surface area contributed by atoms with Crippen LogP contribution in [0.15, 0.2) is 24.3 Å². The first-order valence-corrected chi connectivity index (χ1v) is 9.86. The molecule has 3 rings (SSSR count). The molecule has 0 radical (unpaired) electrons. The number of benzene rings is 1. The molecule has 2 aliphatic heterocycles. The third-order valence-electron chi connectivity index (χ3n) is 6.05. The molecule has 2 saturated heterocycles. The second-order valence-electron chi connectivity index (χ2n) is 8.35. The minimum atomic E-state index is -1.29. The average Bonchev–Trinajstić information content (AvgIpc) is 2.61. The van der Waals surface area contributed by atoms with E-state index in [0.29, 0.717) is 32.0 Å². The number of amides is 1. The van der Waals surface area contributed by atoms with E-state index in [0.717, 1.165) is 43.8 Å². The van der Waals surface area contributed by atoms with Crippen molar-refractivity contribution in [3.63, 3.8) is 0 Å². The molecule has 5 heteroatoms.